The van der Waals surface area contributed by atoms with Gasteiger partial charge in [-0.15, -0.1) is 0 Å². The quantitative estimate of drug-likeness (QED) is 0.0198. The number of pyridine rings is 4. The largest absolute Gasteiger partial charge is 0.376 e. The van der Waals surface area contributed by atoms with E-state index in [-0.39, 0.29) is 100 Å². The Labute approximate surface area is 874 Å². The van der Waals surface area contributed by atoms with Crippen LogP contribution in [0.5, 0.6) is 0 Å². The highest BCUT2D eigenvalue weighted by Gasteiger charge is 2.31. The summed E-state index contributed by atoms with van der Waals surface area (Å²) in [6, 6.07) is 43.9. The fraction of sp³-hybridized carbons (Fsp3) is 0.216. The lowest BCUT2D eigenvalue weighted by molar-refractivity contribution is 0.100. The van der Waals surface area contributed by atoms with Crippen LogP contribution in [0.2, 0.25) is 40.2 Å². The second-order valence-corrected chi connectivity index (χ2v) is 37.5. The molecule has 0 aliphatic carbocycles. The van der Waals surface area contributed by atoms with Gasteiger partial charge >= 0.3 is 0 Å². The Morgan fingerprint density at radius 1 is 0.303 bits per heavy atom. The number of rotatable bonds is 24. The summed E-state index contributed by atoms with van der Waals surface area (Å²) in [6.07, 6.45) is 10.7. The SMILES string of the molecule is CN(C)C(=N)c1ccc(C(=O)Nc2c(C(=O)Nc3ccc(Cl)cn3)cc(Cl)cc2N(C)C)cc1.CN(C)c1cc(Cl)cc(C(=O)Nc2ccc(Cl)cn2)c1NC(=O)c1ccc(C(=N)N2CCCC2)cc1F.CN(C)c1cc(Cl)cc(C(=O)Nc2ccc(Cl)cn2)c1NC(=O)c1ccc(C(=N)N2CCCCC2)cc1F.CN1CCN=C1c1ccc(C(=O)Nc2c(C(=O)Nc3ccc(Cl)cn3)cc(Cl)cc2N(C)C)c(F)c1. The molecule has 8 aromatic carbocycles. The number of piperidine rings is 1. The minimum absolute atomic E-state index is 0.0640. The van der Waals surface area contributed by atoms with Gasteiger partial charge in [0.25, 0.3) is 47.3 Å². The first-order valence-corrected chi connectivity index (χ1v) is 47.7. The average Bonchev–Trinajstić information content (AvgIpc) is 1.30. The van der Waals surface area contributed by atoms with Crippen LogP contribution < -0.4 is 62.1 Å². The molecule has 3 aliphatic rings. The van der Waals surface area contributed by atoms with E-state index in [0.29, 0.717) is 105 Å². The van der Waals surface area contributed by atoms with Crippen LogP contribution in [-0.2, 0) is 0 Å². The van der Waals surface area contributed by atoms with Gasteiger partial charge in [-0.05, 0) is 178 Å². The van der Waals surface area contributed by atoms with Gasteiger partial charge in [0.2, 0.25) is 0 Å². The van der Waals surface area contributed by atoms with E-state index in [0.717, 1.165) is 64.8 Å². The maximum atomic E-state index is 15.1. The van der Waals surface area contributed by atoms with E-state index in [2.05, 4.69) is 67.5 Å². The number of halogens is 11. The van der Waals surface area contributed by atoms with Gasteiger partial charge in [-0.25, -0.2) is 33.1 Å². The van der Waals surface area contributed by atoms with E-state index in [1.54, 1.807) is 198 Å². The van der Waals surface area contributed by atoms with Gasteiger partial charge in [0.1, 0.15) is 64.1 Å². The number of hydrogen-bond donors (Lipinski definition) is 11. The number of likely N-dealkylation sites (N-methyl/N-ethyl adjacent to an activating group) is 1. The molecular weight excluding hydrogens is 2030 g/mol. The Hall–Kier alpha value is -14.7. The number of likely N-dealkylation sites (tertiary alicyclic amines) is 2. The summed E-state index contributed by atoms with van der Waals surface area (Å²) in [5, 5.41) is 49.2. The molecule has 0 bridgehead atoms. The second-order valence-electron chi connectivity index (χ2n) is 34.0. The molecule has 3 aliphatic heterocycles. The molecule has 4 aromatic heterocycles. The summed E-state index contributed by atoms with van der Waals surface area (Å²) >= 11 is 48.6. The van der Waals surface area contributed by atoms with Crippen molar-refractivity contribution in [1.29, 1.82) is 16.2 Å². The van der Waals surface area contributed by atoms with E-state index >= 15 is 13.2 Å². The Morgan fingerprint density at radius 3 is 0.848 bits per heavy atom. The molecule has 0 unspecified atom stereocenters. The third-order valence-corrected chi connectivity index (χ3v) is 24.3. The number of amidine groups is 4. The van der Waals surface area contributed by atoms with E-state index < -0.39 is 64.7 Å². The highest BCUT2D eigenvalue weighted by molar-refractivity contribution is 6.35. The lowest BCUT2D eigenvalue weighted by Gasteiger charge is -2.29. The van der Waals surface area contributed by atoms with Crippen LogP contribution in [-0.4, -0.2) is 227 Å². The monoisotopic (exact) mass is 2120 g/mol. The summed E-state index contributed by atoms with van der Waals surface area (Å²) in [6.45, 7) is 4.40. The van der Waals surface area contributed by atoms with Crippen LogP contribution in [0, 0.1) is 33.7 Å². The molecule has 752 valence electrons. The fourth-order valence-electron chi connectivity index (χ4n) is 15.1. The van der Waals surface area contributed by atoms with Crippen molar-refractivity contribution < 1.29 is 51.5 Å². The molecule has 11 N–H and O–H groups in total. The number of hydrogen-bond acceptors (Lipinski definition) is 21. The minimum atomic E-state index is -0.768. The number of nitrogens with one attached hydrogen (secondary N) is 11. The normalized spacial score (nSPS) is 12.3. The minimum Gasteiger partial charge on any atom is -0.376 e. The Bertz CT molecular complexity index is 6960. The number of benzene rings is 8. The van der Waals surface area contributed by atoms with E-state index in [1.165, 1.54) is 97.6 Å². The van der Waals surface area contributed by atoms with Crippen LogP contribution in [0.1, 0.15) is 137 Å². The van der Waals surface area contributed by atoms with Crippen LogP contribution >= 0.6 is 92.8 Å². The number of aliphatic imine (C=N–C) groups is 1. The first-order valence-electron chi connectivity index (χ1n) is 44.7. The van der Waals surface area contributed by atoms with Crippen molar-refractivity contribution >= 4 is 232 Å². The average molecular weight is 2130 g/mol. The van der Waals surface area contributed by atoms with Crippen molar-refractivity contribution in [3.63, 3.8) is 0 Å². The summed E-state index contributed by atoms with van der Waals surface area (Å²) in [4.78, 5) is 140. The Kier molecular flexibility index (Phi) is 37.3. The molecule has 0 spiro atoms. The number of amides is 8. The lowest BCUT2D eigenvalue weighted by Crippen LogP contribution is -2.35. The van der Waals surface area contributed by atoms with Crippen molar-refractivity contribution in [3.05, 3.63) is 325 Å². The molecule has 12 aromatic rings. The van der Waals surface area contributed by atoms with Crippen molar-refractivity contribution in [2.75, 3.05) is 179 Å². The summed E-state index contributed by atoms with van der Waals surface area (Å²) in [5.74, 6) is -4.56. The van der Waals surface area contributed by atoms with Crippen LogP contribution in [0.4, 0.5) is 81.9 Å². The van der Waals surface area contributed by atoms with Gasteiger partial charge in [-0.2, -0.15) is 0 Å². The number of carbonyl (C=O) groups excluding carboxylic acids is 8. The number of aromatic nitrogens is 4. The molecule has 145 heavy (non-hydrogen) atoms. The van der Waals surface area contributed by atoms with Crippen molar-refractivity contribution in [2.24, 2.45) is 4.99 Å². The van der Waals surface area contributed by atoms with Crippen molar-refractivity contribution in [2.45, 2.75) is 32.1 Å². The van der Waals surface area contributed by atoms with Crippen molar-refractivity contribution in [1.82, 2.24) is 39.5 Å². The van der Waals surface area contributed by atoms with Gasteiger partial charge in [0.15, 0.2) is 0 Å². The number of nitrogens with zero attached hydrogens (tertiary/aromatic N) is 13. The van der Waals surface area contributed by atoms with Crippen LogP contribution in [0.3, 0.4) is 0 Å². The van der Waals surface area contributed by atoms with Crippen LogP contribution in [0.25, 0.3) is 0 Å². The van der Waals surface area contributed by atoms with Gasteiger partial charge < -0.3 is 81.7 Å². The topological polar surface area (TPSA) is 394 Å². The van der Waals surface area contributed by atoms with Gasteiger partial charge in [0, 0.05) is 183 Å². The lowest BCUT2D eigenvalue weighted by atomic mass is 10.1. The summed E-state index contributed by atoms with van der Waals surface area (Å²) in [5.41, 5.74) is 4.89. The third kappa shape index (κ3) is 28.5. The zero-order valence-corrected chi connectivity index (χ0v) is 86.1. The smallest absolute Gasteiger partial charge is 0.259 e. The van der Waals surface area contributed by atoms with E-state index in [4.69, 9.17) is 109 Å². The zero-order chi connectivity index (χ0) is 105. The molecule has 7 heterocycles. The molecule has 0 saturated carbocycles. The maximum absolute atomic E-state index is 15.1. The van der Waals surface area contributed by atoms with Crippen LogP contribution in [0.15, 0.2) is 206 Å². The standard InChI is InChI=1S/C27H27Cl2FN6O2.C26H25Cl2FN6O2.C25H23Cl2FN6O2.C24H24Cl2N6O2/c1-35(2)22-14-18(29)13-20(27(38)33-23-9-7-17(28)15-32-23)24(22)34-26(37)19-8-6-16(12-21(19)30)25(31)36-10-4-3-5-11-36;1-34(2)21-13-17(28)12-19(26(37)32-22-8-6-16(27)14-31-22)23(21)33-25(36)18-7-5-15(11-20(18)29)24(30)35-9-3-4-10-35;1-33(2)20-12-16(27)11-18(25(36)31-21-7-5-15(26)13-30-21)22(20)32-24(35)17-6-4-14(10-19(17)28)23-29-8-9-34(23)3;1-31(2)19-12-17(26)11-18(24(34)29-20-10-9-16(25)13-28-20)21(19)30-23(33)15-7-5-14(6-8-15)22(27)32(3)4/h6-9,12-15,31H,3-5,10-11H2,1-2H3,(H,34,37)(H,32,33,38);5-8,11-14,30H,3-4,9-10H2,1-2H3,(H,33,36)(H,31,32,37);4-7,10-13H,8-9H2,1-3H3,(H,32,35)(H,30,31,36);5-13,27H,1-4H3,(H,30,33)(H,28,29,34). The molecule has 8 amide bonds. The fourth-order valence-corrected chi connectivity index (χ4v) is 16.4. The van der Waals surface area contributed by atoms with Crippen molar-refractivity contribution in [3.8, 4) is 0 Å². The second kappa shape index (κ2) is 49.5. The molecule has 32 nitrogen and oxygen atoms in total. The zero-order valence-electron chi connectivity index (χ0n) is 80.1. The Balaban J connectivity index is 0.000000172. The molecule has 0 radical (unpaired) electrons. The van der Waals surface area contributed by atoms with E-state index in [1.807, 2.05) is 21.7 Å². The van der Waals surface area contributed by atoms with Gasteiger partial charge in [0.05, 0.1) is 111 Å². The van der Waals surface area contributed by atoms with Gasteiger partial charge in [-0.1, -0.05) is 123 Å². The molecular formula is C102H99Cl8F3N24O8. The summed E-state index contributed by atoms with van der Waals surface area (Å²) in [7, 11) is 19.4. The molecule has 15 rings (SSSR count). The molecule has 2 fully saturated rings. The molecule has 43 heteroatoms. The predicted octanol–water partition coefficient (Wildman–Crippen LogP) is 21.1. The van der Waals surface area contributed by atoms with E-state index in [9.17, 15) is 38.4 Å². The maximum Gasteiger partial charge on any atom is 0.259 e. The number of anilines is 12. The highest BCUT2D eigenvalue weighted by Crippen LogP contribution is 2.40. The predicted molar refractivity (Wildman–Crippen MR) is 574 cm³/mol. The summed E-state index contributed by atoms with van der Waals surface area (Å²) < 4.78 is 45.2. The molecule has 0 atom stereocenters. The highest BCUT2D eigenvalue weighted by atomic mass is 35.5. The Morgan fingerprint density at radius 2 is 0.579 bits per heavy atom. The third-order valence-electron chi connectivity index (χ3n) is 22.5. The number of carbonyl (C=O) groups is 8. The first-order chi connectivity index (χ1) is 69.0. The van der Waals surface area contributed by atoms with Gasteiger partial charge in [-0.3, -0.25) is 59.6 Å². The first kappa shape index (κ1) is 109. The molecule has 2 saturated heterocycles.